The number of hydrogen-bond acceptors (Lipinski definition) is 2. The quantitative estimate of drug-likeness (QED) is 0.557. The van der Waals surface area contributed by atoms with Crippen molar-refractivity contribution in [1.82, 2.24) is 4.98 Å². The summed E-state index contributed by atoms with van der Waals surface area (Å²) >= 11 is 9.19. The van der Waals surface area contributed by atoms with E-state index in [1.165, 1.54) is 12.1 Å². The van der Waals surface area contributed by atoms with Crippen molar-refractivity contribution in [2.45, 2.75) is 5.88 Å². The summed E-state index contributed by atoms with van der Waals surface area (Å²) in [4.78, 5) is 4.46. The largest absolute Gasteiger partial charge is 0.439 e. The van der Waals surface area contributed by atoms with Gasteiger partial charge in [0.2, 0.25) is 5.88 Å². The Morgan fingerprint density at radius 1 is 1.14 bits per heavy atom. The second-order valence-corrected chi connectivity index (χ2v) is 5.67. The average molecular weight is 367 g/mol. The molecule has 106 valence electrons. The molecule has 0 aliphatic rings. The van der Waals surface area contributed by atoms with Crippen LogP contribution < -0.4 is 4.74 Å². The van der Waals surface area contributed by atoms with E-state index in [1.807, 2.05) is 30.3 Å². The Morgan fingerprint density at radius 2 is 1.95 bits per heavy atom. The number of ether oxygens (including phenoxy) is 1. The third-order valence-electron chi connectivity index (χ3n) is 2.96. The molecule has 0 amide bonds. The Balaban J connectivity index is 2.06. The minimum Gasteiger partial charge on any atom is -0.439 e. The van der Waals surface area contributed by atoms with Gasteiger partial charge in [-0.2, -0.15) is 0 Å². The number of nitrogens with zero attached hydrogens (tertiary/aromatic N) is 1. The summed E-state index contributed by atoms with van der Waals surface area (Å²) < 4.78 is 19.7. The molecule has 0 N–H and O–H groups in total. The third-order valence-corrected chi connectivity index (χ3v) is 3.70. The van der Waals surface area contributed by atoms with Crippen molar-refractivity contribution in [2.75, 3.05) is 0 Å². The van der Waals surface area contributed by atoms with E-state index in [4.69, 9.17) is 16.3 Å². The average Bonchev–Trinajstić information content (AvgIpc) is 2.45. The number of rotatable bonds is 3. The van der Waals surface area contributed by atoms with Gasteiger partial charge in [0.1, 0.15) is 11.6 Å². The standard InChI is InChI=1S/C16H10BrClFNO/c17-12-6-13(19)8-14(7-12)21-16-11(9-18)5-10-3-1-2-4-15(10)20-16/h1-8H,9H2. The van der Waals surface area contributed by atoms with Crippen LogP contribution >= 0.6 is 27.5 Å². The van der Waals surface area contributed by atoms with Gasteiger partial charge in [-0.25, -0.2) is 9.37 Å². The normalized spacial score (nSPS) is 10.8. The lowest BCUT2D eigenvalue weighted by Crippen LogP contribution is -1.95. The van der Waals surface area contributed by atoms with Gasteiger partial charge in [-0.3, -0.25) is 0 Å². The molecule has 0 aliphatic heterocycles. The van der Waals surface area contributed by atoms with Crippen molar-refractivity contribution in [2.24, 2.45) is 0 Å². The van der Waals surface area contributed by atoms with Crippen LogP contribution in [0.3, 0.4) is 0 Å². The van der Waals surface area contributed by atoms with Crippen molar-refractivity contribution in [3.05, 3.63) is 64.4 Å². The molecule has 2 aromatic carbocycles. The molecule has 0 atom stereocenters. The molecule has 1 aromatic heterocycles. The number of hydrogen-bond donors (Lipinski definition) is 0. The SMILES string of the molecule is Fc1cc(Br)cc(Oc2nc3ccccc3cc2CCl)c1. The molecular weight excluding hydrogens is 357 g/mol. The van der Waals surface area contributed by atoms with Gasteiger partial charge >= 0.3 is 0 Å². The van der Waals surface area contributed by atoms with Gasteiger partial charge in [0, 0.05) is 21.5 Å². The van der Waals surface area contributed by atoms with Crippen LogP contribution in [0.15, 0.2) is 53.0 Å². The minimum absolute atomic E-state index is 0.268. The molecule has 0 bridgehead atoms. The van der Waals surface area contributed by atoms with Gasteiger partial charge in [0.15, 0.2) is 0 Å². The highest BCUT2D eigenvalue weighted by molar-refractivity contribution is 9.10. The van der Waals surface area contributed by atoms with E-state index in [-0.39, 0.29) is 11.7 Å². The predicted molar refractivity (Wildman–Crippen MR) is 85.5 cm³/mol. The van der Waals surface area contributed by atoms with Crippen molar-refractivity contribution in [3.63, 3.8) is 0 Å². The highest BCUT2D eigenvalue weighted by atomic mass is 79.9. The number of alkyl halides is 1. The number of fused-ring (bicyclic) bond motifs is 1. The lowest BCUT2D eigenvalue weighted by Gasteiger charge is -2.10. The second-order valence-electron chi connectivity index (χ2n) is 4.49. The molecule has 21 heavy (non-hydrogen) atoms. The Morgan fingerprint density at radius 3 is 2.71 bits per heavy atom. The van der Waals surface area contributed by atoms with Crippen LogP contribution in [0, 0.1) is 5.82 Å². The Kier molecular flexibility index (Phi) is 4.08. The van der Waals surface area contributed by atoms with E-state index in [1.54, 1.807) is 6.07 Å². The first-order valence-corrected chi connectivity index (χ1v) is 7.57. The monoisotopic (exact) mass is 365 g/mol. The first-order valence-electron chi connectivity index (χ1n) is 6.24. The summed E-state index contributed by atoms with van der Waals surface area (Å²) in [7, 11) is 0. The lowest BCUT2D eigenvalue weighted by molar-refractivity contribution is 0.455. The Bertz CT molecular complexity index is 789. The molecule has 0 unspecified atom stereocenters. The zero-order valence-electron chi connectivity index (χ0n) is 10.8. The smallest absolute Gasteiger partial charge is 0.224 e. The van der Waals surface area contributed by atoms with Gasteiger partial charge < -0.3 is 4.74 Å². The zero-order chi connectivity index (χ0) is 14.8. The second kappa shape index (κ2) is 6.00. The van der Waals surface area contributed by atoms with Crippen LogP contribution in [0.1, 0.15) is 5.56 Å². The first kappa shape index (κ1) is 14.3. The van der Waals surface area contributed by atoms with Gasteiger partial charge in [0.25, 0.3) is 0 Å². The molecule has 0 saturated carbocycles. The number of halogens is 3. The number of pyridine rings is 1. The molecule has 0 saturated heterocycles. The summed E-state index contributed by atoms with van der Waals surface area (Å²) in [6.07, 6.45) is 0. The van der Waals surface area contributed by atoms with E-state index in [0.29, 0.717) is 16.1 Å². The molecular formula is C16H10BrClFNO. The predicted octanol–water partition coefficient (Wildman–Crippen LogP) is 5.67. The molecule has 0 fully saturated rings. The van der Waals surface area contributed by atoms with Gasteiger partial charge in [-0.1, -0.05) is 34.1 Å². The summed E-state index contributed by atoms with van der Waals surface area (Å²) in [6.45, 7) is 0. The Hall–Kier alpha value is -1.65. The molecule has 0 radical (unpaired) electrons. The number of para-hydroxylation sites is 1. The van der Waals surface area contributed by atoms with Gasteiger partial charge in [-0.05, 0) is 24.3 Å². The van der Waals surface area contributed by atoms with Crippen molar-refractivity contribution < 1.29 is 9.13 Å². The number of aromatic nitrogens is 1. The maximum atomic E-state index is 13.4. The van der Waals surface area contributed by atoms with Crippen molar-refractivity contribution in [1.29, 1.82) is 0 Å². The summed E-state index contributed by atoms with van der Waals surface area (Å²) in [5.74, 6) is 0.647. The molecule has 0 aliphatic carbocycles. The topological polar surface area (TPSA) is 22.1 Å². The van der Waals surface area contributed by atoms with E-state index < -0.39 is 0 Å². The van der Waals surface area contributed by atoms with Gasteiger partial charge in [-0.15, -0.1) is 11.6 Å². The molecule has 5 heteroatoms. The molecule has 1 heterocycles. The van der Waals surface area contributed by atoms with E-state index >= 15 is 0 Å². The molecule has 3 rings (SSSR count). The highest BCUT2D eigenvalue weighted by Gasteiger charge is 2.10. The van der Waals surface area contributed by atoms with E-state index in [9.17, 15) is 4.39 Å². The van der Waals surface area contributed by atoms with Crippen molar-refractivity contribution in [3.8, 4) is 11.6 Å². The van der Waals surface area contributed by atoms with E-state index in [0.717, 1.165) is 16.5 Å². The maximum absolute atomic E-state index is 13.4. The summed E-state index contributed by atoms with van der Waals surface area (Å²) in [5.41, 5.74) is 1.56. The fourth-order valence-electron chi connectivity index (χ4n) is 2.03. The summed E-state index contributed by atoms with van der Waals surface area (Å²) in [5, 5.41) is 0.987. The van der Waals surface area contributed by atoms with Crippen LogP contribution in [0.25, 0.3) is 10.9 Å². The van der Waals surface area contributed by atoms with Crippen LogP contribution in [0.5, 0.6) is 11.6 Å². The van der Waals surface area contributed by atoms with Crippen LogP contribution in [-0.2, 0) is 5.88 Å². The third kappa shape index (κ3) is 3.17. The highest BCUT2D eigenvalue weighted by Crippen LogP contribution is 2.30. The molecule has 3 aromatic rings. The van der Waals surface area contributed by atoms with Crippen molar-refractivity contribution >= 4 is 38.4 Å². The molecule has 0 spiro atoms. The van der Waals surface area contributed by atoms with Gasteiger partial charge in [0.05, 0.1) is 11.4 Å². The zero-order valence-corrected chi connectivity index (χ0v) is 13.2. The fourth-order valence-corrected chi connectivity index (χ4v) is 2.66. The maximum Gasteiger partial charge on any atom is 0.224 e. The minimum atomic E-state index is -0.382. The molecule has 2 nitrogen and oxygen atoms in total. The fraction of sp³-hybridized carbons (Fsp3) is 0.0625. The Labute approximate surface area is 134 Å². The van der Waals surface area contributed by atoms with E-state index in [2.05, 4.69) is 20.9 Å². The summed E-state index contributed by atoms with van der Waals surface area (Å²) in [6, 6.07) is 14.0. The first-order chi connectivity index (χ1) is 10.2. The number of benzene rings is 2. The van der Waals surface area contributed by atoms with Crippen LogP contribution in [0.2, 0.25) is 0 Å². The van der Waals surface area contributed by atoms with Crippen LogP contribution in [0.4, 0.5) is 4.39 Å². The lowest BCUT2D eigenvalue weighted by atomic mass is 10.2. The van der Waals surface area contributed by atoms with Crippen LogP contribution in [-0.4, -0.2) is 4.98 Å².